The van der Waals surface area contributed by atoms with Crippen LogP contribution >= 0.6 is 0 Å². The predicted molar refractivity (Wildman–Crippen MR) is 54.3 cm³/mol. The largest absolute Gasteiger partial charge is 0.396 e. The number of anilines is 1. The summed E-state index contributed by atoms with van der Waals surface area (Å²) in [4.78, 5) is 13.7. The van der Waals surface area contributed by atoms with E-state index in [0.717, 1.165) is 0 Å². The number of hydrogen-bond acceptors (Lipinski definition) is 4. The smallest absolute Gasteiger partial charge is 0.274 e. The van der Waals surface area contributed by atoms with Crippen LogP contribution in [0.2, 0.25) is 0 Å². The van der Waals surface area contributed by atoms with Crippen molar-refractivity contribution in [3.8, 4) is 0 Å². The van der Waals surface area contributed by atoms with Crippen LogP contribution in [0.15, 0.2) is 6.20 Å². The molecule has 1 aliphatic rings. The molecule has 0 unspecified atom stereocenters. The summed E-state index contributed by atoms with van der Waals surface area (Å²) >= 11 is 0. The Morgan fingerprint density at radius 2 is 2.40 bits per heavy atom. The zero-order valence-electron chi connectivity index (χ0n) is 8.80. The van der Waals surface area contributed by atoms with E-state index in [1.807, 2.05) is 0 Å². The minimum atomic E-state index is -0.110. The van der Waals surface area contributed by atoms with Crippen LogP contribution in [0.1, 0.15) is 10.5 Å². The van der Waals surface area contributed by atoms with Gasteiger partial charge in [-0.3, -0.25) is 9.48 Å². The second kappa shape index (κ2) is 3.54. The van der Waals surface area contributed by atoms with E-state index in [-0.39, 0.29) is 11.9 Å². The van der Waals surface area contributed by atoms with E-state index in [2.05, 4.69) is 5.10 Å². The molecular formula is C9H14N4O2. The van der Waals surface area contributed by atoms with Crippen molar-refractivity contribution in [2.24, 2.45) is 7.05 Å². The summed E-state index contributed by atoms with van der Waals surface area (Å²) in [5.74, 6) is -0.110. The molecule has 15 heavy (non-hydrogen) atoms. The van der Waals surface area contributed by atoms with Gasteiger partial charge in [0.25, 0.3) is 5.91 Å². The molecule has 0 saturated carbocycles. The van der Waals surface area contributed by atoms with Gasteiger partial charge in [0.2, 0.25) is 0 Å². The van der Waals surface area contributed by atoms with E-state index >= 15 is 0 Å². The molecule has 1 amide bonds. The molecule has 6 heteroatoms. The van der Waals surface area contributed by atoms with Crippen LogP contribution < -0.4 is 5.73 Å². The molecule has 2 rings (SSSR count). The number of rotatable bonds is 2. The number of carbonyl (C=O) groups is 1. The lowest BCUT2D eigenvalue weighted by Crippen LogP contribution is -2.50. The Labute approximate surface area is 87.6 Å². The van der Waals surface area contributed by atoms with Crippen LogP contribution in [-0.2, 0) is 11.8 Å². The summed E-state index contributed by atoms with van der Waals surface area (Å²) in [6, 6.07) is 0.159. The van der Waals surface area contributed by atoms with Crippen molar-refractivity contribution in [1.82, 2.24) is 14.7 Å². The molecule has 1 saturated heterocycles. The van der Waals surface area contributed by atoms with Crippen LogP contribution in [0.25, 0.3) is 0 Å². The third kappa shape index (κ3) is 1.56. The van der Waals surface area contributed by atoms with Gasteiger partial charge in [-0.05, 0) is 0 Å². The van der Waals surface area contributed by atoms with Gasteiger partial charge in [-0.2, -0.15) is 5.10 Å². The van der Waals surface area contributed by atoms with Gasteiger partial charge < -0.3 is 15.4 Å². The topological polar surface area (TPSA) is 73.4 Å². The van der Waals surface area contributed by atoms with E-state index in [1.165, 1.54) is 10.9 Å². The number of amides is 1. The van der Waals surface area contributed by atoms with E-state index < -0.39 is 0 Å². The molecule has 2 N–H and O–H groups in total. The second-order valence-corrected chi connectivity index (χ2v) is 3.68. The average Bonchev–Trinajstić information content (AvgIpc) is 2.42. The Bertz CT molecular complexity index is 364. The van der Waals surface area contributed by atoms with Gasteiger partial charge in [0.15, 0.2) is 0 Å². The number of ether oxygens (including phenoxy) is 1. The third-order valence-electron chi connectivity index (χ3n) is 2.66. The number of nitrogen functional groups attached to an aromatic ring is 1. The molecule has 1 aromatic heterocycles. The van der Waals surface area contributed by atoms with Gasteiger partial charge in [-0.1, -0.05) is 0 Å². The Balaban J connectivity index is 2.19. The fraction of sp³-hybridized carbons (Fsp3) is 0.556. The lowest BCUT2D eigenvalue weighted by atomic mass is 10.2. The fourth-order valence-electron chi connectivity index (χ4n) is 1.50. The van der Waals surface area contributed by atoms with Crippen LogP contribution in [0.5, 0.6) is 0 Å². The van der Waals surface area contributed by atoms with Gasteiger partial charge in [0, 0.05) is 14.1 Å². The highest BCUT2D eigenvalue weighted by Gasteiger charge is 2.29. The number of aromatic nitrogens is 2. The zero-order chi connectivity index (χ0) is 11.0. The van der Waals surface area contributed by atoms with Gasteiger partial charge >= 0.3 is 0 Å². The number of hydrogen-bond donors (Lipinski definition) is 1. The maximum Gasteiger partial charge on any atom is 0.274 e. The van der Waals surface area contributed by atoms with Crippen molar-refractivity contribution in [2.45, 2.75) is 6.04 Å². The van der Waals surface area contributed by atoms with Crippen LogP contribution in [0, 0.1) is 0 Å². The van der Waals surface area contributed by atoms with E-state index in [0.29, 0.717) is 24.6 Å². The molecule has 0 atom stereocenters. The average molecular weight is 210 g/mol. The van der Waals surface area contributed by atoms with Crippen molar-refractivity contribution in [2.75, 3.05) is 26.0 Å². The third-order valence-corrected chi connectivity index (χ3v) is 2.66. The maximum absolute atomic E-state index is 12.0. The molecule has 1 aliphatic heterocycles. The molecule has 0 aromatic carbocycles. The predicted octanol–water partition coefficient (Wildman–Crippen LogP) is -0.527. The van der Waals surface area contributed by atoms with Crippen molar-refractivity contribution in [1.29, 1.82) is 0 Å². The minimum Gasteiger partial charge on any atom is -0.396 e. The van der Waals surface area contributed by atoms with E-state index in [4.69, 9.17) is 10.5 Å². The van der Waals surface area contributed by atoms with E-state index in [9.17, 15) is 4.79 Å². The van der Waals surface area contributed by atoms with Crippen molar-refractivity contribution < 1.29 is 9.53 Å². The number of likely N-dealkylation sites (N-methyl/N-ethyl adjacent to an activating group) is 1. The van der Waals surface area contributed by atoms with Crippen molar-refractivity contribution >= 4 is 11.6 Å². The van der Waals surface area contributed by atoms with Crippen LogP contribution in [0.3, 0.4) is 0 Å². The van der Waals surface area contributed by atoms with Gasteiger partial charge in [-0.15, -0.1) is 0 Å². The summed E-state index contributed by atoms with van der Waals surface area (Å²) in [6.07, 6.45) is 1.48. The molecule has 82 valence electrons. The molecule has 0 radical (unpaired) electrons. The number of nitrogens with zero attached hydrogens (tertiary/aromatic N) is 3. The lowest BCUT2D eigenvalue weighted by Gasteiger charge is -2.34. The molecule has 1 aromatic rings. The normalized spacial score (nSPS) is 16.1. The number of aryl methyl sites for hydroxylation is 1. The van der Waals surface area contributed by atoms with Crippen molar-refractivity contribution in [3.63, 3.8) is 0 Å². The highest BCUT2D eigenvalue weighted by atomic mass is 16.5. The first-order valence-corrected chi connectivity index (χ1v) is 4.73. The summed E-state index contributed by atoms with van der Waals surface area (Å²) in [5.41, 5.74) is 6.52. The van der Waals surface area contributed by atoms with Crippen LogP contribution in [-0.4, -0.2) is 46.9 Å². The molecule has 2 heterocycles. The molecule has 0 bridgehead atoms. The zero-order valence-corrected chi connectivity index (χ0v) is 8.80. The molecule has 0 spiro atoms. The molecular weight excluding hydrogens is 196 g/mol. The van der Waals surface area contributed by atoms with E-state index in [1.54, 1.807) is 19.0 Å². The Hall–Kier alpha value is -1.56. The highest BCUT2D eigenvalue weighted by Crippen LogP contribution is 2.16. The Morgan fingerprint density at radius 1 is 1.73 bits per heavy atom. The first-order valence-electron chi connectivity index (χ1n) is 4.73. The Kier molecular flexibility index (Phi) is 2.36. The van der Waals surface area contributed by atoms with Crippen LogP contribution in [0.4, 0.5) is 5.69 Å². The maximum atomic E-state index is 12.0. The summed E-state index contributed by atoms with van der Waals surface area (Å²) in [6.45, 7) is 1.19. The first-order chi connectivity index (χ1) is 7.11. The molecule has 1 fully saturated rings. The summed E-state index contributed by atoms with van der Waals surface area (Å²) < 4.78 is 6.53. The lowest BCUT2D eigenvalue weighted by molar-refractivity contribution is -0.0470. The summed E-state index contributed by atoms with van der Waals surface area (Å²) in [5, 5.41) is 3.94. The van der Waals surface area contributed by atoms with Gasteiger partial charge in [-0.25, -0.2) is 0 Å². The molecule has 6 nitrogen and oxygen atoms in total. The molecule has 0 aliphatic carbocycles. The minimum absolute atomic E-state index is 0.110. The number of nitrogens with two attached hydrogens (primary N) is 1. The van der Waals surface area contributed by atoms with Gasteiger partial charge in [0.1, 0.15) is 5.69 Å². The van der Waals surface area contributed by atoms with Crippen molar-refractivity contribution in [3.05, 3.63) is 11.9 Å². The van der Waals surface area contributed by atoms with Gasteiger partial charge in [0.05, 0.1) is 31.1 Å². The highest BCUT2D eigenvalue weighted by molar-refractivity contribution is 5.97. The Morgan fingerprint density at radius 3 is 2.80 bits per heavy atom. The quantitative estimate of drug-likeness (QED) is 0.712. The summed E-state index contributed by atoms with van der Waals surface area (Å²) in [7, 11) is 3.46. The second-order valence-electron chi connectivity index (χ2n) is 3.68. The standard InChI is InChI=1S/C9H14N4O2/c1-12(6-4-15-5-6)9(14)8-7(10)3-11-13(8)2/h3,6H,4-5,10H2,1-2H3. The fourth-order valence-corrected chi connectivity index (χ4v) is 1.50. The number of carbonyl (C=O) groups excluding carboxylic acids is 1. The first kappa shape index (κ1) is 9.97. The SMILES string of the molecule is CN(C(=O)c1c(N)cnn1C)C1COC1. The monoisotopic (exact) mass is 210 g/mol.